The zero-order valence-electron chi connectivity index (χ0n) is 6.74. The van der Waals surface area contributed by atoms with Crippen LogP contribution in [0.4, 0.5) is 10.6 Å². The van der Waals surface area contributed by atoms with E-state index in [1.54, 1.807) is 17.9 Å². The number of hydrogen-bond donors (Lipinski definition) is 3. The van der Waals surface area contributed by atoms with Crippen LogP contribution in [-0.2, 0) is 13.6 Å². The molecule has 0 aliphatic rings. The Morgan fingerprint density at radius 1 is 1.83 bits per heavy atom. The fourth-order valence-corrected chi connectivity index (χ4v) is 0.909. The number of aryl methyl sites for hydroxylation is 1. The molecule has 0 atom stereocenters. The van der Waals surface area contributed by atoms with E-state index in [9.17, 15) is 4.79 Å². The van der Waals surface area contributed by atoms with Crippen LogP contribution in [0.15, 0.2) is 6.20 Å². The summed E-state index contributed by atoms with van der Waals surface area (Å²) in [5.74, 6) is 0.424. The van der Waals surface area contributed by atoms with E-state index in [0.29, 0.717) is 12.4 Å². The molecule has 0 aliphatic carbocycles. The van der Waals surface area contributed by atoms with Gasteiger partial charge in [-0.05, 0) is 0 Å². The first-order valence-corrected chi connectivity index (χ1v) is 3.42. The van der Waals surface area contributed by atoms with E-state index in [-0.39, 0.29) is 0 Å². The van der Waals surface area contributed by atoms with Gasteiger partial charge in [-0.1, -0.05) is 0 Å². The quantitative estimate of drug-likeness (QED) is 0.549. The second-order valence-electron chi connectivity index (χ2n) is 2.37. The van der Waals surface area contributed by atoms with Crippen LogP contribution in [-0.4, -0.2) is 15.8 Å². The Labute approximate surface area is 69.5 Å². The van der Waals surface area contributed by atoms with Crippen LogP contribution in [0.2, 0.25) is 0 Å². The molecule has 0 aliphatic heterocycles. The second-order valence-corrected chi connectivity index (χ2v) is 2.37. The Hall–Kier alpha value is -1.56. The largest absolute Gasteiger partial charge is 0.351 e. The Morgan fingerprint density at radius 2 is 2.50 bits per heavy atom. The third-order valence-corrected chi connectivity index (χ3v) is 1.37. The van der Waals surface area contributed by atoms with Crippen molar-refractivity contribution in [2.75, 3.05) is 5.32 Å². The van der Waals surface area contributed by atoms with Gasteiger partial charge in [-0.2, -0.15) is 5.10 Å². The third-order valence-electron chi connectivity index (χ3n) is 1.37. The van der Waals surface area contributed by atoms with Gasteiger partial charge in [0.25, 0.3) is 0 Å². The van der Waals surface area contributed by atoms with Gasteiger partial charge in [-0.15, -0.1) is 0 Å². The van der Waals surface area contributed by atoms with Crippen molar-refractivity contribution in [1.82, 2.24) is 9.78 Å². The SMILES string of the molecule is Cn1cc(CN)c(NC(N)=O)n1. The molecule has 0 radical (unpaired) electrons. The van der Waals surface area contributed by atoms with Crippen molar-refractivity contribution in [2.24, 2.45) is 18.5 Å². The van der Waals surface area contributed by atoms with Gasteiger partial charge in [0.2, 0.25) is 0 Å². The zero-order chi connectivity index (χ0) is 9.14. The molecule has 5 N–H and O–H groups in total. The molecule has 66 valence electrons. The van der Waals surface area contributed by atoms with Gasteiger partial charge in [0.1, 0.15) is 0 Å². The van der Waals surface area contributed by atoms with E-state index < -0.39 is 6.03 Å². The van der Waals surface area contributed by atoms with Gasteiger partial charge in [-0.3, -0.25) is 10.00 Å². The van der Waals surface area contributed by atoms with E-state index in [0.717, 1.165) is 5.56 Å². The molecule has 0 fully saturated rings. The standard InChI is InChI=1S/C6H11N5O/c1-11-3-4(2-7)5(10-11)9-6(8)12/h3H,2,7H2,1H3,(H3,8,9,10,12). The van der Waals surface area contributed by atoms with Gasteiger partial charge in [0.05, 0.1) is 0 Å². The molecule has 1 heterocycles. The fraction of sp³-hybridized carbons (Fsp3) is 0.333. The maximum atomic E-state index is 10.5. The minimum Gasteiger partial charge on any atom is -0.351 e. The summed E-state index contributed by atoms with van der Waals surface area (Å²) in [5.41, 5.74) is 11.1. The number of nitrogens with two attached hydrogens (primary N) is 2. The first kappa shape index (κ1) is 8.54. The Kier molecular flexibility index (Phi) is 2.29. The van der Waals surface area contributed by atoms with Gasteiger partial charge in [-0.25, -0.2) is 4.79 Å². The monoisotopic (exact) mass is 169 g/mol. The summed E-state index contributed by atoms with van der Waals surface area (Å²) in [6.45, 7) is 0.323. The lowest BCUT2D eigenvalue weighted by Crippen LogP contribution is -2.20. The van der Waals surface area contributed by atoms with E-state index in [1.165, 1.54) is 0 Å². The van der Waals surface area contributed by atoms with Crippen molar-refractivity contribution in [3.05, 3.63) is 11.8 Å². The lowest BCUT2D eigenvalue weighted by atomic mass is 10.3. The maximum Gasteiger partial charge on any atom is 0.317 e. The molecule has 1 aromatic rings. The summed E-state index contributed by atoms with van der Waals surface area (Å²) in [6, 6.07) is -0.636. The number of aromatic nitrogens is 2. The first-order valence-electron chi connectivity index (χ1n) is 3.42. The minimum absolute atomic E-state index is 0.323. The second kappa shape index (κ2) is 3.22. The highest BCUT2D eigenvalue weighted by Gasteiger charge is 2.06. The van der Waals surface area contributed by atoms with Crippen molar-refractivity contribution >= 4 is 11.8 Å². The van der Waals surface area contributed by atoms with E-state index in [1.807, 2.05) is 0 Å². The molecule has 6 heteroatoms. The lowest BCUT2D eigenvalue weighted by molar-refractivity contribution is 0.259. The van der Waals surface area contributed by atoms with Crippen LogP contribution in [0, 0.1) is 0 Å². The van der Waals surface area contributed by atoms with Crippen molar-refractivity contribution in [3.8, 4) is 0 Å². The zero-order valence-corrected chi connectivity index (χ0v) is 6.74. The number of amides is 2. The van der Waals surface area contributed by atoms with Crippen LogP contribution < -0.4 is 16.8 Å². The number of nitrogens with zero attached hydrogens (tertiary/aromatic N) is 2. The highest BCUT2D eigenvalue weighted by molar-refractivity contribution is 5.87. The number of nitrogens with one attached hydrogen (secondary N) is 1. The molecular weight excluding hydrogens is 158 g/mol. The predicted molar refractivity (Wildman–Crippen MR) is 44.3 cm³/mol. The van der Waals surface area contributed by atoms with Crippen molar-refractivity contribution < 1.29 is 4.79 Å². The molecule has 2 amide bonds. The molecule has 0 saturated heterocycles. The Balaban J connectivity index is 2.89. The summed E-state index contributed by atoms with van der Waals surface area (Å²) in [4.78, 5) is 10.5. The summed E-state index contributed by atoms with van der Waals surface area (Å²) < 4.78 is 1.56. The van der Waals surface area contributed by atoms with Gasteiger partial charge < -0.3 is 11.5 Å². The molecule has 0 unspecified atom stereocenters. The minimum atomic E-state index is -0.636. The summed E-state index contributed by atoms with van der Waals surface area (Å²) in [6.07, 6.45) is 1.73. The summed E-state index contributed by atoms with van der Waals surface area (Å²) in [5, 5.41) is 6.32. The molecule has 0 spiro atoms. The molecular formula is C6H11N5O. The van der Waals surface area contributed by atoms with Crippen LogP contribution >= 0.6 is 0 Å². The highest BCUT2D eigenvalue weighted by atomic mass is 16.2. The van der Waals surface area contributed by atoms with Crippen LogP contribution in [0.3, 0.4) is 0 Å². The number of rotatable bonds is 2. The highest BCUT2D eigenvalue weighted by Crippen LogP contribution is 2.10. The van der Waals surface area contributed by atoms with Crippen molar-refractivity contribution in [1.29, 1.82) is 0 Å². The number of urea groups is 1. The van der Waals surface area contributed by atoms with Gasteiger partial charge in [0.15, 0.2) is 5.82 Å². The average Bonchev–Trinajstić information content (AvgIpc) is 2.29. The molecule has 6 nitrogen and oxygen atoms in total. The summed E-state index contributed by atoms with van der Waals surface area (Å²) in [7, 11) is 1.74. The summed E-state index contributed by atoms with van der Waals surface area (Å²) >= 11 is 0. The maximum absolute atomic E-state index is 10.5. The van der Waals surface area contributed by atoms with E-state index in [4.69, 9.17) is 11.5 Å². The van der Waals surface area contributed by atoms with Gasteiger partial charge >= 0.3 is 6.03 Å². The number of primary amides is 1. The smallest absolute Gasteiger partial charge is 0.317 e. The molecule has 1 rings (SSSR count). The van der Waals surface area contributed by atoms with Crippen LogP contribution in [0.1, 0.15) is 5.56 Å². The molecule has 12 heavy (non-hydrogen) atoms. The number of hydrogen-bond acceptors (Lipinski definition) is 3. The number of carbonyl (C=O) groups excluding carboxylic acids is 1. The average molecular weight is 169 g/mol. The van der Waals surface area contributed by atoms with Crippen LogP contribution in [0.25, 0.3) is 0 Å². The van der Waals surface area contributed by atoms with Crippen molar-refractivity contribution in [3.63, 3.8) is 0 Å². The Morgan fingerprint density at radius 3 is 3.00 bits per heavy atom. The predicted octanol–water partition coefficient (Wildman–Crippen LogP) is -0.631. The molecule has 0 aromatic carbocycles. The molecule has 0 saturated carbocycles. The number of anilines is 1. The Bertz CT molecular complexity index is 292. The van der Waals surface area contributed by atoms with Crippen LogP contribution in [0.5, 0.6) is 0 Å². The number of carbonyl (C=O) groups is 1. The van der Waals surface area contributed by atoms with Crippen molar-refractivity contribution in [2.45, 2.75) is 6.54 Å². The third kappa shape index (κ3) is 1.73. The first-order chi connectivity index (χ1) is 5.63. The molecule has 1 aromatic heterocycles. The topological polar surface area (TPSA) is 99.0 Å². The molecule has 0 bridgehead atoms. The normalized spacial score (nSPS) is 9.83. The van der Waals surface area contributed by atoms with E-state index in [2.05, 4.69) is 10.4 Å². The lowest BCUT2D eigenvalue weighted by Gasteiger charge is -1.97. The van der Waals surface area contributed by atoms with Gasteiger partial charge in [0, 0.05) is 25.4 Å². The van der Waals surface area contributed by atoms with E-state index >= 15 is 0 Å². The fourth-order valence-electron chi connectivity index (χ4n) is 0.909.